The van der Waals surface area contributed by atoms with Crippen LogP contribution in [0.3, 0.4) is 0 Å². The van der Waals surface area contributed by atoms with Gasteiger partial charge in [0.15, 0.2) is 0 Å². The topological polar surface area (TPSA) is 66.0 Å². The van der Waals surface area contributed by atoms with Crippen molar-refractivity contribution in [3.63, 3.8) is 0 Å². The molecule has 0 heterocycles. The Morgan fingerprint density at radius 2 is 1.67 bits per heavy atom. The SMILES string of the molecule is CCCOCc1cc(OC)c(CC(CC)NC(=O)OC(C)(C)C)cc1OC. The molecule has 0 spiro atoms. The first kappa shape index (κ1) is 23.1. The van der Waals surface area contributed by atoms with Gasteiger partial charge in [-0.2, -0.15) is 0 Å². The van der Waals surface area contributed by atoms with Gasteiger partial charge in [0.2, 0.25) is 0 Å². The summed E-state index contributed by atoms with van der Waals surface area (Å²) in [6.07, 6.45) is 1.94. The molecule has 0 aliphatic carbocycles. The zero-order valence-electron chi connectivity index (χ0n) is 17.8. The summed E-state index contributed by atoms with van der Waals surface area (Å²) >= 11 is 0. The maximum atomic E-state index is 12.1. The van der Waals surface area contributed by atoms with E-state index >= 15 is 0 Å². The van der Waals surface area contributed by atoms with Crippen LogP contribution in [0.2, 0.25) is 0 Å². The Hall–Kier alpha value is -1.95. The number of carbonyl (C=O) groups excluding carboxylic acids is 1. The lowest BCUT2D eigenvalue weighted by atomic mass is 10.0. The van der Waals surface area contributed by atoms with E-state index < -0.39 is 11.7 Å². The van der Waals surface area contributed by atoms with Gasteiger partial charge < -0.3 is 24.3 Å². The molecule has 0 aliphatic heterocycles. The van der Waals surface area contributed by atoms with E-state index in [4.69, 9.17) is 18.9 Å². The summed E-state index contributed by atoms with van der Waals surface area (Å²) in [6.45, 7) is 10.8. The molecular weight excluding hydrogens is 346 g/mol. The Balaban J connectivity index is 2.94. The highest BCUT2D eigenvalue weighted by Crippen LogP contribution is 2.30. The van der Waals surface area contributed by atoms with Crippen molar-refractivity contribution in [2.24, 2.45) is 0 Å². The summed E-state index contributed by atoms with van der Waals surface area (Å²) in [5, 5.41) is 2.93. The molecule has 6 heteroatoms. The van der Waals surface area contributed by atoms with Crippen LogP contribution in [0.25, 0.3) is 0 Å². The molecule has 6 nitrogen and oxygen atoms in total. The molecule has 1 amide bonds. The van der Waals surface area contributed by atoms with Crippen LogP contribution in [0.1, 0.15) is 58.6 Å². The molecule has 0 bridgehead atoms. The van der Waals surface area contributed by atoms with Crippen LogP contribution >= 0.6 is 0 Å². The quantitative estimate of drug-likeness (QED) is 0.606. The van der Waals surface area contributed by atoms with E-state index in [1.54, 1.807) is 14.2 Å². The van der Waals surface area contributed by atoms with E-state index in [9.17, 15) is 4.79 Å². The molecule has 1 N–H and O–H groups in total. The Kier molecular flexibility index (Phi) is 9.43. The first-order chi connectivity index (χ1) is 12.7. The number of amides is 1. The minimum atomic E-state index is -0.524. The molecule has 0 saturated carbocycles. The number of rotatable bonds is 10. The Labute approximate surface area is 163 Å². The third-order valence-electron chi connectivity index (χ3n) is 3.97. The lowest BCUT2D eigenvalue weighted by Crippen LogP contribution is -2.40. The van der Waals surface area contributed by atoms with Gasteiger partial charge in [0.25, 0.3) is 0 Å². The second-order valence-corrected chi connectivity index (χ2v) is 7.48. The summed E-state index contributed by atoms with van der Waals surface area (Å²) in [5.74, 6) is 1.52. The maximum Gasteiger partial charge on any atom is 0.407 e. The minimum absolute atomic E-state index is 0.0688. The average Bonchev–Trinajstić information content (AvgIpc) is 2.60. The standard InChI is InChI=1S/C21H35NO5/c1-8-10-26-14-16-13-18(24-6)15(12-19(16)25-7)11-17(9-2)22-20(23)27-21(3,4)5/h12-13,17H,8-11,14H2,1-7H3,(H,22,23). The van der Waals surface area contributed by atoms with Crippen LogP contribution in [-0.2, 0) is 22.5 Å². The molecule has 0 aromatic heterocycles. The second kappa shape index (κ2) is 11.0. The van der Waals surface area contributed by atoms with Crippen molar-refractivity contribution in [2.75, 3.05) is 20.8 Å². The average molecular weight is 382 g/mol. The second-order valence-electron chi connectivity index (χ2n) is 7.48. The zero-order chi connectivity index (χ0) is 20.4. The Bertz CT molecular complexity index is 595. The van der Waals surface area contributed by atoms with Crippen molar-refractivity contribution >= 4 is 6.09 Å². The molecule has 0 radical (unpaired) electrons. The third kappa shape index (κ3) is 8.08. The van der Waals surface area contributed by atoms with Gasteiger partial charge in [0.05, 0.1) is 20.8 Å². The summed E-state index contributed by atoms with van der Waals surface area (Å²) in [6, 6.07) is 3.84. The van der Waals surface area contributed by atoms with Gasteiger partial charge in [-0.3, -0.25) is 0 Å². The molecule has 27 heavy (non-hydrogen) atoms. The molecule has 0 saturated heterocycles. The highest BCUT2D eigenvalue weighted by atomic mass is 16.6. The summed E-state index contributed by atoms with van der Waals surface area (Å²) < 4.78 is 22.1. The lowest BCUT2D eigenvalue weighted by molar-refractivity contribution is 0.0502. The van der Waals surface area contributed by atoms with Gasteiger partial charge in [-0.25, -0.2) is 4.79 Å². The molecule has 0 aliphatic rings. The van der Waals surface area contributed by atoms with E-state index in [1.807, 2.05) is 39.8 Å². The molecule has 1 aromatic rings. The maximum absolute atomic E-state index is 12.1. The van der Waals surface area contributed by atoms with Crippen molar-refractivity contribution < 1.29 is 23.7 Å². The van der Waals surface area contributed by atoms with Crippen LogP contribution in [0.4, 0.5) is 4.79 Å². The van der Waals surface area contributed by atoms with E-state index in [-0.39, 0.29) is 6.04 Å². The lowest BCUT2D eigenvalue weighted by Gasteiger charge is -2.24. The molecular formula is C21H35NO5. The van der Waals surface area contributed by atoms with Crippen molar-refractivity contribution in [2.45, 2.75) is 72.1 Å². The fourth-order valence-electron chi connectivity index (χ4n) is 2.66. The van der Waals surface area contributed by atoms with Crippen molar-refractivity contribution in [3.05, 3.63) is 23.3 Å². The van der Waals surface area contributed by atoms with E-state index in [0.717, 1.165) is 35.5 Å². The van der Waals surface area contributed by atoms with E-state index in [2.05, 4.69) is 12.2 Å². The van der Waals surface area contributed by atoms with Gasteiger partial charge in [0, 0.05) is 18.2 Å². The smallest absolute Gasteiger partial charge is 0.407 e. The largest absolute Gasteiger partial charge is 0.496 e. The van der Waals surface area contributed by atoms with Crippen molar-refractivity contribution in [1.82, 2.24) is 5.32 Å². The Morgan fingerprint density at radius 3 is 2.19 bits per heavy atom. The number of hydrogen-bond acceptors (Lipinski definition) is 5. The first-order valence-corrected chi connectivity index (χ1v) is 9.55. The van der Waals surface area contributed by atoms with E-state index in [0.29, 0.717) is 19.6 Å². The third-order valence-corrected chi connectivity index (χ3v) is 3.97. The van der Waals surface area contributed by atoms with Crippen molar-refractivity contribution in [1.29, 1.82) is 0 Å². The number of hydrogen-bond donors (Lipinski definition) is 1. The van der Waals surface area contributed by atoms with Crippen LogP contribution in [0.15, 0.2) is 12.1 Å². The molecule has 0 fully saturated rings. The molecule has 1 aromatic carbocycles. The summed E-state index contributed by atoms with van der Waals surface area (Å²) in [4.78, 5) is 12.1. The first-order valence-electron chi connectivity index (χ1n) is 9.55. The van der Waals surface area contributed by atoms with Crippen LogP contribution in [0, 0.1) is 0 Å². The highest BCUT2D eigenvalue weighted by Gasteiger charge is 2.21. The molecule has 1 rings (SSSR count). The predicted octanol–water partition coefficient (Wildman–Crippen LogP) is 4.48. The predicted molar refractivity (Wildman–Crippen MR) is 107 cm³/mol. The van der Waals surface area contributed by atoms with Crippen molar-refractivity contribution in [3.8, 4) is 11.5 Å². The fraction of sp³-hybridized carbons (Fsp3) is 0.667. The monoisotopic (exact) mass is 381 g/mol. The zero-order valence-corrected chi connectivity index (χ0v) is 17.8. The van der Waals surface area contributed by atoms with E-state index in [1.165, 1.54) is 0 Å². The Morgan fingerprint density at radius 1 is 1.07 bits per heavy atom. The highest BCUT2D eigenvalue weighted by molar-refractivity contribution is 5.68. The number of benzene rings is 1. The minimum Gasteiger partial charge on any atom is -0.496 e. The van der Waals surface area contributed by atoms with Gasteiger partial charge in [-0.05, 0) is 57.7 Å². The van der Waals surface area contributed by atoms with Crippen LogP contribution < -0.4 is 14.8 Å². The molecule has 1 unspecified atom stereocenters. The van der Waals surface area contributed by atoms with Crippen LogP contribution in [0.5, 0.6) is 11.5 Å². The number of methoxy groups -OCH3 is 2. The molecule has 154 valence electrons. The molecule has 1 atom stereocenters. The summed E-state index contributed by atoms with van der Waals surface area (Å²) in [5.41, 5.74) is 1.39. The summed E-state index contributed by atoms with van der Waals surface area (Å²) in [7, 11) is 3.29. The van der Waals surface area contributed by atoms with Gasteiger partial charge in [-0.15, -0.1) is 0 Å². The number of carbonyl (C=O) groups is 1. The normalized spacial score (nSPS) is 12.4. The fourth-order valence-corrected chi connectivity index (χ4v) is 2.66. The van der Waals surface area contributed by atoms with Crippen LogP contribution in [-0.4, -0.2) is 38.6 Å². The number of alkyl carbamates (subject to hydrolysis) is 1. The van der Waals surface area contributed by atoms with Gasteiger partial charge in [0.1, 0.15) is 17.1 Å². The number of ether oxygens (including phenoxy) is 4. The van der Waals surface area contributed by atoms with Gasteiger partial charge in [-0.1, -0.05) is 13.8 Å². The van der Waals surface area contributed by atoms with Gasteiger partial charge >= 0.3 is 6.09 Å². The number of nitrogens with one attached hydrogen (secondary N) is 1.